The number of hydrogen-bond acceptors (Lipinski definition) is 3. The lowest BCUT2D eigenvalue weighted by Gasteiger charge is -2.72. The highest BCUT2D eigenvalue weighted by Gasteiger charge is 2.70. The van der Waals surface area contributed by atoms with Gasteiger partial charge in [-0.05, 0) is 30.1 Å². The number of esters is 1. The zero-order chi connectivity index (χ0) is 9.69. The molecule has 3 aliphatic rings. The maximum Gasteiger partial charge on any atom is 0.323 e. The van der Waals surface area contributed by atoms with Crippen LogP contribution in [0.15, 0.2) is 0 Å². The van der Waals surface area contributed by atoms with Gasteiger partial charge in [0.1, 0.15) is 6.04 Å². The number of hydrogen-bond donors (Lipinski definition) is 1. The third-order valence-corrected chi connectivity index (χ3v) is 4.05. The first-order valence-corrected chi connectivity index (χ1v) is 4.91. The molecule has 74 valence electrons. The molecule has 0 aromatic heterocycles. The van der Waals surface area contributed by atoms with Gasteiger partial charge in [0.25, 0.3) is 0 Å². The van der Waals surface area contributed by atoms with Crippen LogP contribution in [0.3, 0.4) is 0 Å². The molecule has 3 nitrogen and oxygen atoms in total. The number of nitrogens with two attached hydrogens (primary N) is 1. The second-order valence-electron chi connectivity index (χ2n) is 4.75. The fourth-order valence-corrected chi connectivity index (χ4v) is 3.17. The molecule has 1 atom stereocenters. The summed E-state index contributed by atoms with van der Waals surface area (Å²) in [7, 11) is 1.41. The molecule has 3 saturated carbocycles. The first-order valence-electron chi connectivity index (χ1n) is 4.91. The Morgan fingerprint density at radius 1 is 1.54 bits per heavy atom. The van der Waals surface area contributed by atoms with Gasteiger partial charge in [-0.1, -0.05) is 13.3 Å². The number of ether oxygens (including phenoxy) is 1. The molecule has 0 heterocycles. The van der Waals surface area contributed by atoms with Gasteiger partial charge in [0.05, 0.1) is 7.11 Å². The van der Waals surface area contributed by atoms with Gasteiger partial charge in [-0.25, -0.2) is 0 Å². The van der Waals surface area contributed by atoms with Crippen LogP contribution >= 0.6 is 0 Å². The fourth-order valence-electron chi connectivity index (χ4n) is 3.17. The van der Waals surface area contributed by atoms with Gasteiger partial charge in [0, 0.05) is 0 Å². The van der Waals surface area contributed by atoms with Crippen LogP contribution in [0.25, 0.3) is 0 Å². The third-order valence-electron chi connectivity index (χ3n) is 4.05. The second kappa shape index (κ2) is 2.47. The molecule has 13 heavy (non-hydrogen) atoms. The van der Waals surface area contributed by atoms with Crippen LogP contribution in [-0.4, -0.2) is 19.1 Å². The zero-order valence-corrected chi connectivity index (χ0v) is 8.30. The molecular formula is C10H17NO2. The van der Waals surface area contributed by atoms with Crippen molar-refractivity contribution in [3.8, 4) is 0 Å². The molecule has 3 heteroatoms. The first kappa shape index (κ1) is 9.00. The largest absolute Gasteiger partial charge is 0.468 e. The van der Waals surface area contributed by atoms with Crippen molar-refractivity contribution in [1.82, 2.24) is 0 Å². The molecule has 0 saturated heterocycles. The van der Waals surface area contributed by atoms with Crippen LogP contribution in [-0.2, 0) is 9.53 Å². The van der Waals surface area contributed by atoms with Crippen molar-refractivity contribution < 1.29 is 9.53 Å². The molecule has 0 aromatic carbocycles. The van der Waals surface area contributed by atoms with Crippen molar-refractivity contribution in [3.05, 3.63) is 0 Å². The van der Waals surface area contributed by atoms with E-state index in [0.717, 1.165) is 19.3 Å². The van der Waals surface area contributed by atoms with Crippen molar-refractivity contribution in [1.29, 1.82) is 0 Å². The average Bonchev–Trinajstić information content (AvgIpc) is 1.99. The van der Waals surface area contributed by atoms with Crippen LogP contribution in [0, 0.1) is 10.8 Å². The molecule has 0 aliphatic heterocycles. The normalized spacial score (nSPS) is 43.0. The van der Waals surface area contributed by atoms with E-state index in [0.29, 0.717) is 5.41 Å². The highest BCUT2D eigenvalue weighted by molar-refractivity contribution is 5.77. The Kier molecular flexibility index (Phi) is 1.71. The first-order chi connectivity index (χ1) is 6.07. The molecule has 3 fully saturated rings. The van der Waals surface area contributed by atoms with E-state index < -0.39 is 0 Å². The van der Waals surface area contributed by atoms with Crippen molar-refractivity contribution in [2.75, 3.05) is 7.11 Å². The predicted octanol–water partition coefficient (Wildman–Crippen LogP) is 1.07. The summed E-state index contributed by atoms with van der Waals surface area (Å²) in [5, 5.41) is 0. The number of carbonyl (C=O) groups is 1. The second-order valence-corrected chi connectivity index (χ2v) is 4.75. The predicted molar refractivity (Wildman–Crippen MR) is 49.0 cm³/mol. The SMILES string of the molecule is CCC12CC(C(N)C(=O)OC)(C1)C2. The summed E-state index contributed by atoms with van der Waals surface area (Å²) < 4.78 is 4.66. The van der Waals surface area contributed by atoms with Gasteiger partial charge in [-0.15, -0.1) is 0 Å². The van der Waals surface area contributed by atoms with Crippen LogP contribution in [0.4, 0.5) is 0 Å². The minimum absolute atomic E-state index is 0.114. The maximum atomic E-state index is 11.2. The summed E-state index contributed by atoms with van der Waals surface area (Å²) >= 11 is 0. The highest BCUT2D eigenvalue weighted by atomic mass is 16.5. The summed E-state index contributed by atoms with van der Waals surface area (Å²) in [6.45, 7) is 2.22. The van der Waals surface area contributed by atoms with E-state index in [4.69, 9.17) is 5.73 Å². The molecule has 2 bridgehead atoms. The molecule has 0 spiro atoms. The monoisotopic (exact) mass is 183 g/mol. The minimum atomic E-state index is -0.383. The highest BCUT2D eigenvalue weighted by Crippen LogP contribution is 2.75. The van der Waals surface area contributed by atoms with E-state index in [-0.39, 0.29) is 17.4 Å². The van der Waals surface area contributed by atoms with Crippen molar-refractivity contribution in [2.45, 2.75) is 38.6 Å². The summed E-state index contributed by atoms with van der Waals surface area (Å²) in [5.41, 5.74) is 6.51. The van der Waals surface area contributed by atoms with E-state index in [1.807, 2.05) is 0 Å². The lowest BCUT2D eigenvalue weighted by Crippen LogP contribution is -2.70. The van der Waals surface area contributed by atoms with Crippen molar-refractivity contribution in [3.63, 3.8) is 0 Å². The summed E-state index contributed by atoms with van der Waals surface area (Å²) in [4.78, 5) is 11.2. The lowest BCUT2D eigenvalue weighted by molar-refractivity contribution is -0.222. The minimum Gasteiger partial charge on any atom is -0.468 e. The van der Waals surface area contributed by atoms with Crippen LogP contribution in [0.1, 0.15) is 32.6 Å². The Hall–Kier alpha value is -0.570. The summed E-state index contributed by atoms with van der Waals surface area (Å²) in [5.74, 6) is -0.246. The average molecular weight is 183 g/mol. The Bertz CT molecular complexity index is 230. The van der Waals surface area contributed by atoms with E-state index in [1.165, 1.54) is 13.5 Å². The van der Waals surface area contributed by atoms with E-state index in [2.05, 4.69) is 11.7 Å². The maximum absolute atomic E-state index is 11.2. The van der Waals surface area contributed by atoms with Gasteiger partial charge in [0.2, 0.25) is 0 Å². The smallest absolute Gasteiger partial charge is 0.323 e. The Balaban J connectivity index is 1.96. The Morgan fingerprint density at radius 2 is 2.08 bits per heavy atom. The molecule has 2 N–H and O–H groups in total. The molecule has 1 unspecified atom stereocenters. The summed E-state index contributed by atoms with van der Waals surface area (Å²) in [6.07, 6.45) is 4.62. The molecule has 0 amide bonds. The summed E-state index contributed by atoms with van der Waals surface area (Å²) in [6, 6.07) is -0.383. The molecule has 3 rings (SSSR count). The van der Waals surface area contributed by atoms with Crippen LogP contribution in [0.2, 0.25) is 0 Å². The van der Waals surface area contributed by atoms with Gasteiger partial charge in [0.15, 0.2) is 0 Å². The topological polar surface area (TPSA) is 52.3 Å². The van der Waals surface area contributed by atoms with Crippen molar-refractivity contribution in [2.24, 2.45) is 16.6 Å². The Labute approximate surface area is 78.6 Å². The van der Waals surface area contributed by atoms with E-state index in [1.54, 1.807) is 0 Å². The number of carbonyl (C=O) groups excluding carboxylic acids is 1. The van der Waals surface area contributed by atoms with Crippen molar-refractivity contribution >= 4 is 5.97 Å². The van der Waals surface area contributed by atoms with E-state index in [9.17, 15) is 4.79 Å². The molecule has 0 aromatic rings. The third kappa shape index (κ3) is 0.966. The fraction of sp³-hybridized carbons (Fsp3) is 0.900. The van der Waals surface area contributed by atoms with E-state index >= 15 is 0 Å². The lowest BCUT2D eigenvalue weighted by atomic mass is 9.32. The number of methoxy groups -OCH3 is 1. The van der Waals surface area contributed by atoms with Crippen LogP contribution in [0.5, 0.6) is 0 Å². The number of rotatable bonds is 3. The Morgan fingerprint density at radius 3 is 2.46 bits per heavy atom. The van der Waals surface area contributed by atoms with Gasteiger partial charge >= 0.3 is 5.97 Å². The molecular weight excluding hydrogens is 166 g/mol. The van der Waals surface area contributed by atoms with Crippen LogP contribution < -0.4 is 5.73 Å². The standard InChI is InChI=1S/C10H17NO2/c1-3-9-4-10(5-9,6-9)7(11)8(12)13-2/h7H,3-6,11H2,1-2H3. The van der Waals surface area contributed by atoms with Gasteiger partial charge in [-0.2, -0.15) is 0 Å². The quantitative estimate of drug-likeness (QED) is 0.666. The molecule has 0 radical (unpaired) electrons. The molecule has 3 aliphatic carbocycles. The van der Waals surface area contributed by atoms with Gasteiger partial charge < -0.3 is 10.5 Å². The van der Waals surface area contributed by atoms with Gasteiger partial charge in [-0.3, -0.25) is 4.79 Å². The zero-order valence-electron chi connectivity index (χ0n) is 8.30.